The minimum atomic E-state index is 0.109. The third-order valence-corrected chi connectivity index (χ3v) is 3.44. The molecule has 0 amide bonds. The van der Waals surface area contributed by atoms with Gasteiger partial charge in [-0.25, -0.2) is 4.98 Å². The average molecular weight is 305 g/mol. The topological polar surface area (TPSA) is 67.4 Å². The highest BCUT2D eigenvalue weighted by Gasteiger charge is 2.13. The first-order valence-electron chi connectivity index (χ1n) is 6.23. The van der Waals surface area contributed by atoms with E-state index >= 15 is 0 Å². The Morgan fingerprint density at radius 3 is 2.52 bits per heavy atom. The Morgan fingerprint density at radius 1 is 1.10 bits per heavy atom. The van der Waals surface area contributed by atoms with Crippen LogP contribution in [0, 0.1) is 0 Å². The van der Waals surface area contributed by atoms with E-state index in [0.29, 0.717) is 33.4 Å². The van der Waals surface area contributed by atoms with Crippen molar-refractivity contribution >= 4 is 22.6 Å². The number of H-pyrrole nitrogens is 1. The van der Waals surface area contributed by atoms with Gasteiger partial charge in [-0.1, -0.05) is 11.6 Å². The van der Waals surface area contributed by atoms with E-state index in [0.717, 1.165) is 5.52 Å². The van der Waals surface area contributed by atoms with Crippen LogP contribution in [0.3, 0.4) is 0 Å². The average Bonchev–Trinajstić information content (AvgIpc) is 2.90. The molecule has 2 aromatic carbocycles. The molecule has 0 atom stereocenters. The molecule has 3 aromatic rings. The number of benzene rings is 2. The van der Waals surface area contributed by atoms with Crippen LogP contribution >= 0.6 is 11.6 Å². The molecule has 1 aromatic heterocycles. The van der Waals surface area contributed by atoms with Crippen molar-refractivity contribution in [1.82, 2.24) is 9.97 Å². The van der Waals surface area contributed by atoms with Gasteiger partial charge in [0.05, 0.1) is 30.8 Å². The fourth-order valence-corrected chi connectivity index (χ4v) is 2.33. The van der Waals surface area contributed by atoms with E-state index in [4.69, 9.17) is 21.1 Å². The first-order chi connectivity index (χ1) is 10.1. The van der Waals surface area contributed by atoms with Crippen LogP contribution in [0.5, 0.6) is 17.2 Å². The predicted octanol–water partition coefficient (Wildman–Crippen LogP) is 3.61. The van der Waals surface area contributed by atoms with Crippen molar-refractivity contribution in [3.8, 4) is 28.6 Å². The van der Waals surface area contributed by atoms with Crippen molar-refractivity contribution in [1.29, 1.82) is 0 Å². The molecule has 0 radical (unpaired) electrons. The summed E-state index contributed by atoms with van der Waals surface area (Å²) in [4.78, 5) is 7.60. The molecule has 0 saturated carbocycles. The van der Waals surface area contributed by atoms with Gasteiger partial charge < -0.3 is 19.6 Å². The third kappa shape index (κ3) is 2.36. The smallest absolute Gasteiger partial charge is 0.163 e. The number of nitrogens with zero attached hydrogens (tertiary/aromatic N) is 1. The molecule has 6 heteroatoms. The number of hydrogen-bond donors (Lipinski definition) is 2. The molecule has 21 heavy (non-hydrogen) atoms. The fourth-order valence-electron chi connectivity index (χ4n) is 2.16. The Kier molecular flexibility index (Phi) is 3.35. The molecule has 108 valence electrons. The molecule has 0 bridgehead atoms. The van der Waals surface area contributed by atoms with E-state index in [2.05, 4.69) is 9.97 Å². The first-order valence-corrected chi connectivity index (χ1v) is 6.61. The summed E-state index contributed by atoms with van der Waals surface area (Å²) in [6.45, 7) is 0. The quantitative estimate of drug-likeness (QED) is 0.775. The van der Waals surface area contributed by atoms with Crippen LogP contribution in [0.25, 0.3) is 22.4 Å². The van der Waals surface area contributed by atoms with Crippen LogP contribution in [-0.4, -0.2) is 29.3 Å². The normalized spacial score (nSPS) is 10.8. The summed E-state index contributed by atoms with van der Waals surface area (Å²) in [6, 6.07) is 8.38. The Morgan fingerprint density at radius 2 is 1.81 bits per heavy atom. The lowest BCUT2D eigenvalue weighted by Gasteiger charge is -2.06. The molecule has 1 heterocycles. The molecule has 0 spiro atoms. The highest BCUT2D eigenvalue weighted by atomic mass is 35.5. The van der Waals surface area contributed by atoms with Gasteiger partial charge in [0.25, 0.3) is 0 Å². The van der Waals surface area contributed by atoms with E-state index in [-0.39, 0.29) is 5.75 Å². The zero-order chi connectivity index (χ0) is 15.0. The minimum absolute atomic E-state index is 0.109. The SMILES string of the molecule is COc1cc2nc(-c3cc(Cl)ccc3O)[nH]c2cc1OC. The number of halogens is 1. The van der Waals surface area contributed by atoms with E-state index in [9.17, 15) is 5.11 Å². The number of fused-ring (bicyclic) bond motifs is 1. The van der Waals surface area contributed by atoms with Crippen molar-refractivity contribution in [3.05, 3.63) is 35.4 Å². The maximum atomic E-state index is 9.95. The third-order valence-electron chi connectivity index (χ3n) is 3.20. The number of phenolic OH excluding ortho intramolecular Hbond substituents is 1. The van der Waals surface area contributed by atoms with Gasteiger partial charge in [-0.15, -0.1) is 0 Å². The summed E-state index contributed by atoms with van der Waals surface area (Å²) in [6.07, 6.45) is 0. The summed E-state index contributed by atoms with van der Waals surface area (Å²) in [5.41, 5.74) is 2.03. The highest BCUT2D eigenvalue weighted by molar-refractivity contribution is 6.30. The van der Waals surface area contributed by atoms with E-state index in [1.807, 2.05) is 0 Å². The lowest BCUT2D eigenvalue weighted by atomic mass is 10.2. The van der Waals surface area contributed by atoms with Gasteiger partial charge in [0.1, 0.15) is 11.6 Å². The molecule has 0 fully saturated rings. The van der Waals surface area contributed by atoms with Crippen LogP contribution in [0.1, 0.15) is 0 Å². The predicted molar refractivity (Wildman–Crippen MR) is 81.3 cm³/mol. The second kappa shape index (κ2) is 5.18. The molecule has 5 nitrogen and oxygen atoms in total. The maximum Gasteiger partial charge on any atom is 0.163 e. The lowest BCUT2D eigenvalue weighted by Crippen LogP contribution is -1.89. The zero-order valence-corrected chi connectivity index (χ0v) is 12.2. The molecular formula is C15H13ClN2O3. The number of methoxy groups -OCH3 is 2. The van der Waals surface area contributed by atoms with Gasteiger partial charge in [0.15, 0.2) is 11.5 Å². The number of phenols is 1. The molecule has 2 N–H and O–H groups in total. The maximum absolute atomic E-state index is 9.95. The van der Waals surface area contributed by atoms with Crippen molar-refractivity contribution in [3.63, 3.8) is 0 Å². The zero-order valence-electron chi connectivity index (χ0n) is 11.5. The van der Waals surface area contributed by atoms with E-state index in [1.54, 1.807) is 38.5 Å². The van der Waals surface area contributed by atoms with Gasteiger partial charge in [-0.2, -0.15) is 0 Å². The Bertz CT molecular complexity index is 773. The second-order valence-electron chi connectivity index (χ2n) is 4.47. The summed E-state index contributed by atoms with van der Waals surface area (Å²) < 4.78 is 10.5. The number of hydrogen-bond acceptors (Lipinski definition) is 4. The van der Waals surface area contributed by atoms with E-state index in [1.165, 1.54) is 6.07 Å². The van der Waals surface area contributed by atoms with Crippen molar-refractivity contribution in [2.75, 3.05) is 14.2 Å². The van der Waals surface area contributed by atoms with Crippen LogP contribution in [0.4, 0.5) is 0 Å². The molecule has 0 unspecified atom stereocenters. The number of aromatic nitrogens is 2. The molecule has 0 saturated heterocycles. The second-order valence-corrected chi connectivity index (χ2v) is 4.91. The fraction of sp³-hybridized carbons (Fsp3) is 0.133. The van der Waals surface area contributed by atoms with Crippen LogP contribution in [0.2, 0.25) is 5.02 Å². The largest absolute Gasteiger partial charge is 0.507 e. The van der Waals surface area contributed by atoms with Gasteiger partial charge in [0.2, 0.25) is 0 Å². The Balaban J connectivity index is 2.19. The molecular weight excluding hydrogens is 292 g/mol. The Hall–Kier alpha value is -2.40. The van der Waals surface area contributed by atoms with Gasteiger partial charge in [-0.05, 0) is 18.2 Å². The summed E-state index contributed by atoms with van der Waals surface area (Å²) in [5, 5.41) is 10.5. The monoisotopic (exact) mass is 304 g/mol. The standard InChI is InChI=1S/C15H13ClN2O3/c1-20-13-6-10-11(7-14(13)21-2)18-15(17-10)9-5-8(16)3-4-12(9)19/h3-7,19H,1-2H3,(H,17,18). The van der Waals surface area contributed by atoms with Crippen LogP contribution < -0.4 is 9.47 Å². The summed E-state index contributed by atoms with van der Waals surface area (Å²) >= 11 is 5.97. The number of ether oxygens (including phenoxy) is 2. The van der Waals surface area contributed by atoms with Gasteiger partial charge >= 0.3 is 0 Å². The van der Waals surface area contributed by atoms with Crippen LogP contribution in [-0.2, 0) is 0 Å². The van der Waals surface area contributed by atoms with Gasteiger partial charge in [-0.3, -0.25) is 0 Å². The van der Waals surface area contributed by atoms with E-state index < -0.39 is 0 Å². The molecule has 0 aliphatic rings. The number of aromatic hydroxyl groups is 1. The van der Waals surface area contributed by atoms with Crippen LogP contribution in [0.15, 0.2) is 30.3 Å². The number of rotatable bonds is 3. The number of aromatic amines is 1. The van der Waals surface area contributed by atoms with Crippen molar-refractivity contribution in [2.45, 2.75) is 0 Å². The number of imidazole rings is 1. The Labute approximate surface area is 126 Å². The highest BCUT2D eigenvalue weighted by Crippen LogP contribution is 2.35. The van der Waals surface area contributed by atoms with Gasteiger partial charge in [0, 0.05) is 17.2 Å². The summed E-state index contributed by atoms with van der Waals surface area (Å²) in [7, 11) is 3.14. The molecule has 0 aliphatic heterocycles. The minimum Gasteiger partial charge on any atom is -0.507 e. The van der Waals surface area contributed by atoms with Crippen molar-refractivity contribution < 1.29 is 14.6 Å². The lowest BCUT2D eigenvalue weighted by molar-refractivity contribution is 0.356. The number of nitrogens with one attached hydrogen (secondary N) is 1. The summed E-state index contributed by atoms with van der Waals surface area (Å²) in [5.74, 6) is 1.84. The first kappa shape index (κ1) is 13.6. The molecule has 3 rings (SSSR count). The molecule has 0 aliphatic carbocycles. The van der Waals surface area contributed by atoms with Crippen molar-refractivity contribution in [2.24, 2.45) is 0 Å².